The third-order valence-electron chi connectivity index (χ3n) is 4.26. The highest BCUT2D eigenvalue weighted by Gasteiger charge is 2.33. The summed E-state index contributed by atoms with van der Waals surface area (Å²) in [6, 6.07) is 3.33. The van der Waals surface area contributed by atoms with Crippen LogP contribution in [0.4, 0.5) is 0 Å². The zero-order valence-corrected chi connectivity index (χ0v) is 13.8. The molecule has 1 N–H and O–H groups in total. The molecule has 1 fully saturated rings. The van der Waals surface area contributed by atoms with Gasteiger partial charge in [-0.25, -0.2) is 0 Å². The first kappa shape index (κ1) is 17.4. The second kappa shape index (κ2) is 7.97. The fourth-order valence-corrected chi connectivity index (χ4v) is 3.03. The van der Waals surface area contributed by atoms with Crippen LogP contribution in [0.15, 0.2) is 0 Å². The lowest BCUT2D eigenvalue weighted by molar-refractivity contribution is -0.0728. The lowest BCUT2D eigenvalue weighted by Gasteiger charge is -2.43. The van der Waals surface area contributed by atoms with Gasteiger partial charge >= 0.3 is 0 Å². The number of nitrogens with zero attached hydrogens (tertiary/aromatic N) is 2. The van der Waals surface area contributed by atoms with Gasteiger partial charge in [-0.05, 0) is 46.6 Å². The van der Waals surface area contributed by atoms with E-state index in [4.69, 9.17) is 4.74 Å². The molecular weight excluding hydrogens is 250 g/mol. The highest BCUT2D eigenvalue weighted by atomic mass is 16.5. The summed E-state index contributed by atoms with van der Waals surface area (Å²) in [4.78, 5) is 2.53. The summed E-state index contributed by atoms with van der Waals surface area (Å²) in [6.07, 6.45) is 3.30. The van der Waals surface area contributed by atoms with Crippen LogP contribution in [0.3, 0.4) is 0 Å². The number of hydrogen-bond acceptors (Lipinski definition) is 4. The number of nitrogens with one attached hydrogen (secondary N) is 1. The average Bonchev–Trinajstić information content (AvgIpc) is 2.45. The molecule has 1 aliphatic rings. The van der Waals surface area contributed by atoms with Crippen LogP contribution in [0.25, 0.3) is 0 Å². The monoisotopic (exact) mass is 281 g/mol. The highest BCUT2D eigenvalue weighted by Crippen LogP contribution is 2.23. The molecule has 4 nitrogen and oxygen atoms in total. The Morgan fingerprint density at radius 3 is 2.75 bits per heavy atom. The Balaban J connectivity index is 2.66. The number of nitriles is 1. The molecule has 0 aliphatic carbocycles. The summed E-state index contributed by atoms with van der Waals surface area (Å²) in [5.41, 5.74) is -0.435. The van der Waals surface area contributed by atoms with Gasteiger partial charge in [-0.3, -0.25) is 10.2 Å². The van der Waals surface area contributed by atoms with Gasteiger partial charge in [0.05, 0.1) is 18.8 Å². The molecule has 0 radical (unpaired) electrons. The first-order valence-electron chi connectivity index (χ1n) is 7.99. The fourth-order valence-electron chi connectivity index (χ4n) is 3.03. The molecular formula is C16H31N3O. The number of ether oxygens (including phenoxy) is 1. The zero-order chi connectivity index (χ0) is 15.2. The normalized spacial score (nSPS) is 28.6. The summed E-state index contributed by atoms with van der Waals surface area (Å²) in [5.74, 6) is 0. The molecule has 20 heavy (non-hydrogen) atoms. The molecule has 4 unspecified atom stereocenters. The predicted octanol–water partition coefficient (Wildman–Crippen LogP) is 2.55. The van der Waals surface area contributed by atoms with Crippen molar-refractivity contribution < 1.29 is 4.74 Å². The molecule has 1 saturated heterocycles. The minimum Gasteiger partial charge on any atom is -0.376 e. The largest absolute Gasteiger partial charge is 0.376 e. The first-order chi connectivity index (χ1) is 9.45. The van der Waals surface area contributed by atoms with Gasteiger partial charge in [-0.2, -0.15) is 5.26 Å². The van der Waals surface area contributed by atoms with Gasteiger partial charge in [0, 0.05) is 18.6 Å². The van der Waals surface area contributed by atoms with Crippen molar-refractivity contribution in [3.8, 4) is 6.07 Å². The predicted molar refractivity (Wildman–Crippen MR) is 82.6 cm³/mol. The second-order valence-electron chi connectivity index (χ2n) is 6.33. The van der Waals surface area contributed by atoms with Crippen LogP contribution < -0.4 is 5.32 Å². The number of morpholine rings is 1. The lowest BCUT2D eigenvalue weighted by atomic mass is 9.92. The van der Waals surface area contributed by atoms with Gasteiger partial charge in [0.25, 0.3) is 0 Å². The molecule has 0 spiro atoms. The summed E-state index contributed by atoms with van der Waals surface area (Å²) < 4.78 is 5.76. The van der Waals surface area contributed by atoms with E-state index in [9.17, 15) is 5.26 Å². The quantitative estimate of drug-likeness (QED) is 0.779. The Labute approximate surface area is 124 Å². The smallest absolute Gasteiger partial charge is 0.105 e. The van der Waals surface area contributed by atoms with E-state index in [1.807, 2.05) is 6.92 Å². The van der Waals surface area contributed by atoms with E-state index < -0.39 is 5.54 Å². The summed E-state index contributed by atoms with van der Waals surface area (Å²) in [5, 5.41) is 12.9. The van der Waals surface area contributed by atoms with Crippen molar-refractivity contribution in [1.29, 1.82) is 5.26 Å². The van der Waals surface area contributed by atoms with E-state index in [-0.39, 0.29) is 6.10 Å². The molecule has 0 amide bonds. The Hall–Kier alpha value is -0.630. The summed E-state index contributed by atoms with van der Waals surface area (Å²) in [7, 11) is 0. The summed E-state index contributed by atoms with van der Waals surface area (Å²) in [6.45, 7) is 13.4. The first-order valence-corrected chi connectivity index (χ1v) is 7.99. The lowest BCUT2D eigenvalue weighted by Crippen LogP contribution is -2.55. The molecule has 116 valence electrons. The maximum atomic E-state index is 9.48. The third-order valence-corrected chi connectivity index (χ3v) is 4.26. The zero-order valence-electron chi connectivity index (χ0n) is 13.8. The van der Waals surface area contributed by atoms with Crippen molar-refractivity contribution >= 4 is 0 Å². The minimum atomic E-state index is -0.435. The van der Waals surface area contributed by atoms with Crippen molar-refractivity contribution in [3.63, 3.8) is 0 Å². The van der Waals surface area contributed by atoms with Crippen LogP contribution in [-0.4, -0.2) is 48.3 Å². The number of rotatable bonds is 7. The van der Waals surface area contributed by atoms with Gasteiger partial charge in [-0.15, -0.1) is 0 Å². The number of hydrogen-bond donors (Lipinski definition) is 1. The molecule has 4 heteroatoms. The molecule has 0 aromatic carbocycles. The molecule has 1 heterocycles. The Morgan fingerprint density at radius 2 is 2.20 bits per heavy atom. The minimum absolute atomic E-state index is 0.289. The van der Waals surface area contributed by atoms with Crippen LogP contribution in [0.1, 0.15) is 53.9 Å². The van der Waals surface area contributed by atoms with E-state index in [0.29, 0.717) is 12.1 Å². The molecule has 1 aliphatic heterocycles. The topological polar surface area (TPSA) is 48.3 Å². The Kier molecular flexibility index (Phi) is 6.94. The van der Waals surface area contributed by atoms with Crippen LogP contribution in [0.2, 0.25) is 0 Å². The highest BCUT2D eigenvalue weighted by molar-refractivity contribution is 5.05. The maximum Gasteiger partial charge on any atom is 0.105 e. The van der Waals surface area contributed by atoms with Crippen LogP contribution in [-0.2, 0) is 4.74 Å². The van der Waals surface area contributed by atoms with Crippen molar-refractivity contribution in [2.45, 2.75) is 77.6 Å². The second-order valence-corrected chi connectivity index (χ2v) is 6.33. The van der Waals surface area contributed by atoms with E-state index in [2.05, 4.69) is 44.0 Å². The van der Waals surface area contributed by atoms with E-state index in [1.165, 1.54) is 0 Å². The van der Waals surface area contributed by atoms with Crippen LogP contribution in [0, 0.1) is 11.3 Å². The molecule has 0 saturated carbocycles. The van der Waals surface area contributed by atoms with Gasteiger partial charge in [0.1, 0.15) is 5.54 Å². The van der Waals surface area contributed by atoms with Crippen LogP contribution in [0.5, 0.6) is 0 Å². The Bertz CT molecular complexity index is 328. The third kappa shape index (κ3) is 4.73. The van der Waals surface area contributed by atoms with E-state index in [1.54, 1.807) is 0 Å². The Morgan fingerprint density at radius 1 is 1.50 bits per heavy atom. The van der Waals surface area contributed by atoms with Crippen molar-refractivity contribution in [3.05, 3.63) is 0 Å². The standard InChI is InChI=1S/C16H31N3O/c1-6-8-18-16(5,12-17)9-13(3)19-10-14(4)20-11-15(19)7-2/h13-15,18H,6-11H2,1-5H3. The molecule has 4 atom stereocenters. The van der Waals surface area contributed by atoms with E-state index >= 15 is 0 Å². The maximum absolute atomic E-state index is 9.48. The fraction of sp³-hybridized carbons (Fsp3) is 0.938. The van der Waals surface area contributed by atoms with Crippen molar-refractivity contribution in [2.75, 3.05) is 19.7 Å². The van der Waals surface area contributed by atoms with E-state index in [0.717, 1.165) is 39.0 Å². The SMILES string of the molecule is CCCNC(C)(C#N)CC(C)N1CC(C)OCC1CC. The molecule has 0 aromatic heterocycles. The van der Waals surface area contributed by atoms with Crippen molar-refractivity contribution in [2.24, 2.45) is 0 Å². The molecule has 1 rings (SSSR count). The van der Waals surface area contributed by atoms with Gasteiger partial charge < -0.3 is 4.74 Å². The van der Waals surface area contributed by atoms with Crippen molar-refractivity contribution in [1.82, 2.24) is 10.2 Å². The molecule has 0 aromatic rings. The van der Waals surface area contributed by atoms with Gasteiger partial charge in [0.2, 0.25) is 0 Å². The average molecular weight is 281 g/mol. The van der Waals surface area contributed by atoms with Gasteiger partial charge in [-0.1, -0.05) is 13.8 Å². The molecule has 0 bridgehead atoms. The van der Waals surface area contributed by atoms with Gasteiger partial charge in [0.15, 0.2) is 0 Å². The van der Waals surface area contributed by atoms with Crippen LogP contribution >= 0.6 is 0 Å². The summed E-state index contributed by atoms with van der Waals surface area (Å²) >= 11 is 0.